The van der Waals surface area contributed by atoms with Crippen molar-refractivity contribution >= 4 is 51.8 Å². The molecule has 0 bridgehead atoms. The Hall–Kier alpha value is -1.23. The maximum Gasteiger partial charge on any atom is 0.416 e. The summed E-state index contributed by atoms with van der Waals surface area (Å²) in [5.74, 6) is 0.169. The number of halogens is 5. The van der Waals surface area contributed by atoms with Crippen molar-refractivity contribution in [2.75, 3.05) is 4.90 Å². The average Bonchev–Trinajstić information content (AvgIpc) is 2.49. The van der Waals surface area contributed by atoms with Crippen LogP contribution in [0.4, 0.5) is 18.9 Å². The molecule has 5 nitrogen and oxygen atoms in total. The molecule has 4 N–H and O–H groups in total. The fourth-order valence-electron chi connectivity index (χ4n) is 3.39. The van der Waals surface area contributed by atoms with Gasteiger partial charge in [0.05, 0.1) is 16.3 Å². The second-order valence-electron chi connectivity index (χ2n) is 6.10. The third-order valence-electron chi connectivity index (χ3n) is 4.42. The highest BCUT2D eigenvalue weighted by Gasteiger charge is 2.44. The van der Waals surface area contributed by atoms with Crippen LogP contribution in [-0.4, -0.2) is 17.6 Å². The Bertz CT molecular complexity index is 733. The first-order valence-corrected chi connectivity index (χ1v) is 9.16. The average molecular weight is 486 g/mol. The third kappa shape index (κ3) is 3.40. The van der Waals surface area contributed by atoms with Crippen LogP contribution in [0, 0.1) is 3.57 Å². The summed E-state index contributed by atoms with van der Waals surface area (Å²) in [6.45, 7) is 0. The van der Waals surface area contributed by atoms with Crippen molar-refractivity contribution in [3.63, 3.8) is 0 Å². The Labute approximate surface area is 161 Å². The SMILES string of the molecule is NC1=NC2(CCCCC2)N(c2c(Cl)cc(C(F)(F)F)cc2I)C(N)=N1. The molecule has 1 spiro atoms. The standard InChI is InChI=1S/C15H16ClF3IN5/c16-9-6-8(15(17,18)19)7-10(20)11(9)25-13(22)23-12(21)24-14(25)4-2-1-3-5-14/h6-7H,1-5H2,(H4,21,22,23,24). The Morgan fingerprint density at radius 2 is 1.80 bits per heavy atom. The van der Waals surface area contributed by atoms with E-state index in [1.165, 1.54) is 0 Å². The molecular weight excluding hydrogens is 470 g/mol. The van der Waals surface area contributed by atoms with Crippen molar-refractivity contribution in [2.24, 2.45) is 21.5 Å². The number of guanidine groups is 2. The van der Waals surface area contributed by atoms with Gasteiger partial charge in [-0.05, 0) is 60.4 Å². The Morgan fingerprint density at radius 3 is 2.36 bits per heavy atom. The third-order valence-corrected chi connectivity index (χ3v) is 5.53. The maximum atomic E-state index is 13.0. The zero-order valence-corrected chi connectivity index (χ0v) is 16.0. The predicted molar refractivity (Wildman–Crippen MR) is 101 cm³/mol. The summed E-state index contributed by atoms with van der Waals surface area (Å²) in [6, 6.07) is 1.96. The van der Waals surface area contributed by atoms with Crippen molar-refractivity contribution in [1.82, 2.24) is 0 Å². The van der Waals surface area contributed by atoms with E-state index in [9.17, 15) is 13.2 Å². The summed E-state index contributed by atoms with van der Waals surface area (Å²) in [4.78, 5) is 10.2. The molecule has 1 fully saturated rings. The van der Waals surface area contributed by atoms with Crippen molar-refractivity contribution < 1.29 is 13.2 Å². The van der Waals surface area contributed by atoms with Gasteiger partial charge in [0.2, 0.25) is 11.9 Å². The molecular formula is C15H16ClF3IN5. The van der Waals surface area contributed by atoms with Gasteiger partial charge in [-0.3, -0.25) is 4.90 Å². The molecule has 3 rings (SSSR count). The van der Waals surface area contributed by atoms with Gasteiger partial charge >= 0.3 is 6.18 Å². The molecule has 0 unspecified atom stereocenters. The molecule has 1 aromatic carbocycles. The quantitative estimate of drug-likeness (QED) is 0.589. The van der Waals surface area contributed by atoms with Gasteiger partial charge in [-0.1, -0.05) is 18.0 Å². The van der Waals surface area contributed by atoms with E-state index in [1.54, 1.807) is 4.90 Å². The second-order valence-corrected chi connectivity index (χ2v) is 7.67. The molecule has 1 aliphatic heterocycles. The van der Waals surface area contributed by atoms with Crippen LogP contribution >= 0.6 is 34.2 Å². The lowest BCUT2D eigenvalue weighted by Crippen LogP contribution is -2.58. The summed E-state index contributed by atoms with van der Waals surface area (Å²) in [5.41, 5.74) is 10.7. The van der Waals surface area contributed by atoms with Gasteiger partial charge in [0.15, 0.2) is 0 Å². The summed E-state index contributed by atoms with van der Waals surface area (Å²) >= 11 is 8.07. The van der Waals surface area contributed by atoms with E-state index >= 15 is 0 Å². The summed E-state index contributed by atoms with van der Waals surface area (Å²) < 4.78 is 39.4. The molecule has 1 aromatic rings. The minimum absolute atomic E-state index is 0.0435. The van der Waals surface area contributed by atoms with Gasteiger partial charge in [-0.25, -0.2) is 4.99 Å². The molecule has 1 aliphatic carbocycles. The number of nitrogens with two attached hydrogens (primary N) is 2. The molecule has 0 radical (unpaired) electrons. The van der Waals surface area contributed by atoms with Crippen LogP contribution in [0.2, 0.25) is 5.02 Å². The summed E-state index contributed by atoms with van der Waals surface area (Å²) in [7, 11) is 0. The summed E-state index contributed by atoms with van der Waals surface area (Å²) in [5, 5.41) is -0.0435. The lowest BCUT2D eigenvalue weighted by atomic mass is 9.87. The van der Waals surface area contributed by atoms with E-state index < -0.39 is 17.4 Å². The van der Waals surface area contributed by atoms with Crippen molar-refractivity contribution in [3.8, 4) is 0 Å². The van der Waals surface area contributed by atoms with Gasteiger partial charge in [-0.2, -0.15) is 18.2 Å². The number of rotatable bonds is 1. The highest BCUT2D eigenvalue weighted by atomic mass is 127. The zero-order valence-electron chi connectivity index (χ0n) is 13.1. The van der Waals surface area contributed by atoms with Crippen LogP contribution in [0.3, 0.4) is 0 Å². The van der Waals surface area contributed by atoms with Crippen LogP contribution in [0.25, 0.3) is 0 Å². The monoisotopic (exact) mass is 485 g/mol. The topological polar surface area (TPSA) is 80.0 Å². The Kier molecular flexibility index (Phi) is 4.82. The first-order valence-electron chi connectivity index (χ1n) is 7.70. The van der Waals surface area contributed by atoms with E-state index in [0.29, 0.717) is 22.1 Å². The number of aliphatic imine (C=N–C) groups is 2. The van der Waals surface area contributed by atoms with E-state index in [1.807, 2.05) is 22.6 Å². The smallest absolute Gasteiger partial charge is 0.369 e. The van der Waals surface area contributed by atoms with Crippen LogP contribution in [0.15, 0.2) is 22.1 Å². The lowest BCUT2D eigenvalue weighted by Gasteiger charge is -2.46. The number of anilines is 1. The highest BCUT2D eigenvalue weighted by molar-refractivity contribution is 14.1. The first-order chi connectivity index (χ1) is 11.6. The fourth-order valence-corrected chi connectivity index (χ4v) is 4.72. The molecule has 10 heteroatoms. The number of hydrogen-bond donors (Lipinski definition) is 2. The minimum atomic E-state index is -4.48. The molecule has 0 atom stereocenters. The molecule has 0 aromatic heterocycles. The molecule has 1 saturated carbocycles. The number of benzene rings is 1. The number of hydrogen-bond acceptors (Lipinski definition) is 5. The Balaban J connectivity index is 2.15. The molecule has 136 valence electrons. The van der Waals surface area contributed by atoms with E-state index in [0.717, 1.165) is 31.4 Å². The molecule has 0 amide bonds. The largest absolute Gasteiger partial charge is 0.416 e. The fraction of sp³-hybridized carbons (Fsp3) is 0.467. The van der Waals surface area contributed by atoms with Gasteiger partial charge in [0.1, 0.15) is 5.66 Å². The van der Waals surface area contributed by atoms with Gasteiger partial charge in [0, 0.05) is 3.57 Å². The highest BCUT2D eigenvalue weighted by Crippen LogP contribution is 2.45. The Morgan fingerprint density at radius 1 is 1.16 bits per heavy atom. The first kappa shape index (κ1) is 18.6. The van der Waals surface area contributed by atoms with Crippen LogP contribution in [0.1, 0.15) is 37.7 Å². The lowest BCUT2D eigenvalue weighted by molar-refractivity contribution is -0.137. The van der Waals surface area contributed by atoms with Crippen molar-refractivity contribution in [3.05, 3.63) is 26.3 Å². The number of alkyl halides is 3. The van der Waals surface area contributed by atoms with Gasteiger partial charge in [-0.15, -0.1) is 0 Å². The van der Waals surface area contributed by atoms with Crippen LogP contribution in [-0.2, 0) is 6.18 Å². The van der Waals surface area contributed by atoms with Crippen LogP contribution in [0.5, 0.6) is 0 Å². The van der Waals surface area contributed by atoms with Gasteiger partial charge in [0.25, 0.3) is 0 Å². The van der Waals surface area contributed by atoms with Gasteiger partial charge < -0.3 is 11.5 Å². The second kappa shape index (κ2) is 6.49. The van der Waals surface area contributed by atoms with E-state index in [-0.39, 0.29) is 16.9 Å². The predicted octanol–water partition coefficient (Wildman–Crippen LogP) is 4.07. The normalized spacial score (nSPS) is 20.4. The zero-order chi connectivity index (χ0) is 18.4. The maximum absolute atomic E-state index is 13.0. The van der Waals surface area contributed by atoms with Crippen LogP contribution < -0.4 is 16.4 Å². The number of nitrogens with zero attached hydrogens (tertiary/aromatic N) is 3. The van der Waals surface area contributed by atoms with Crippen molar-refractivity contribution in [2.45, 2.75) is 43.9 Å². The van der Waals surface area contributed by atoms with E-state index in [2.05, 4.69) is 9.98 Å². The van der Waals surface area contributed by atoms with E-state index in [4.69, 9.17) is 23.1 Å². The minimum Gasteiger partial charge on any atom is -0.369 e. The summed E-state index contributed by atoms with van der Waals surface area (Å²) in [6.07, 6.45) is -0.242. The molecule has 0 saturated heterocycles. The van der Waals surface area contributed by atoms with Crippen molar-refractivity contribution in [1.29, 1.82) is 0 Å². The molecule has 1 heterocycles. The molecule has 25 heavy (non-hydrogen) atoms. The molecule has 2 aliphatic rings.